The van der Waals surface area contributed by atoms with Crippen molar-refractivity contribution in [2.24, 2.45) is 0 Å². The van der Waals surface area contributed by atoms with Gasteiger partial charge < -0.3 is 10.1 Å². The molecule has 104 valence electrons. The second-order valence-electron chi connectivity index (χ2n) is 4.40. The molecule has 7 nitrogen and oxygen atoms in total. The van der Waals surface area contributed by atoms with Crippen LogP contribution in [0.1, 0.15) is 10.4 Å². The minimum Gasteiger partial charge on any atom is -0.478 e. The number of para-hydroxylation sites is 1. The van der Waals surface area contributed by atoms with Crippen LogP contribution in [0, 0.1) is 10.1 Å². The summed E-state index contributed by atoms with van der Waals surface area (Å²) in [5.74, 6) is -0.587. The second-order valence-corrected chi connectivity index (χ2v) is 4.40. The van der Waals surface area contributed by atoms with Gasteiger partial charge in [-0.2, -0.15) is 0 Å². The first-order valence-electron chi connectivity index (χ1n) is 6.03. The Morgan fingerprint density at radius 2 is 1.90 bits per heavy atom. The summed E-state index contributed by atoms with van der Waals surface area (Å²) >= 11 is 0. The molecule has 0 fully saturated rings. The monoisotopic (exact) mass is 283 g/mol. The number of carboxylic acids is 1. The maximum atomic E-state index is 11.2. The number of aromatic carboxylic acids is 1. The van der Waals surface area contributed by atoms with Gasteiger partial charge >= 0.3 is 5.97 Å². The van der Waals surface area contributed by atoms with E-state index in [1.807, 2.05) is 0 Å². The standard InChI is InChI=1S/C14H9N3O4/c18-14(19)10-2-1-3-11-12(10)16-13(15-11)8-4-6-9(7-5-8)17(20)21/h1-7H,(H,15,16)(H,18,19). The third-order valence-corrected chi connectivity index (χ3v) is 3.09. The normalized spacial score (nSPS) is 10.7. The van der Waals surface area contributed by atoms with E-state index >= 15 is 0 Å². The minimum atomic E-state index is -1.05. The van der Waals surface area contributed by atoms with Gasteiger partial charge in [0.15, 0.2) is 0 Å². The summed E-state index contributed by atoms with van der Waals surface area (Å²) in [6.07, 6.45) is 0. The van der Waals surface area contributed by atoms with E-state index in [0.29, 0.717) is 22.4 Å². The van der Waals surface area contributed by atoms with Gasteiger partial charge in [0.1, 0.15) is 11.3 Å². The van der Waals surface area contributed by atoms with Crippen molar-refractivity contribution in [2.75, 3.05) is 0 Å². The fourth-order valence-electron chi connectivity index (χ4n) is 2.08. The van der Waals surface area contributed by atoms with Crippen molar-refractivity contribution in [1.82, 2.24) is 9.97 Å². The zero-order valence-electron chi connectivity index (χ0n) is 10.6. The van der Waals surface area contributed by atoms with Gasteiger partial charge in [-0.25, -0.2) is 9.78 Å². The number of nitrogens with zero attached hydrogens (tertiary/aromatic N) is 2. The number of nitrogens with one attached hydrogen (secondary N) is 1. The van der Waals surface area contributed by atoms with Gasteiger partial charge in [-0.1, -0.05) is 6.07 Å². The van der Waals surface area contributed by atoms with Crippen molar-refractivity contribution in [3.63, 3.8) is 0 Å². The molecule has 21 heavy (non-hydrogen) atoms. The summed E-state index contributed by atoms with van der Waals surface area (Å²) in [6, 6.07) is 10.7. The molecule has 0 saturated carbocycles. The smallest absolute Gasteiger partial charge is 0.337 e. The second kappa shape index (κ2) is 4.71. The van der Waals surface area contributed by atoms with E-state index in [9.17, 15) is 14.9 Å². The molecule has 0 radical (unpaired) electrons. The molecule has 1 aromatic heterocycles. The number of carboxylic acid groups (broad SMARTS) is 1. The van der Waals surface area contributed by atoms with Gasteiger partial charge in [0.05, 0.1) is 16.0 Å². The van der Waals surface area contributed by atoms with Crippen LogP contribution in [-0.4, -0.2) is 26.0 Å². The van der Waals surface area contributed by atoms with Crippen molar-refractivity contribution in [1.29, 1.82) is 0 Å². The van der Waals surface area contributed by atoms with Crippen molar-refractivity contribution in [2.45, 2.75) is 0 Å². The Hall–Kier alpha value is -3.22. The van der Waals surface area contributed by atoms with E-state index in [-0.39, 0.29) is 11.3 Å². The van der Waals surface area contributed by atoms with Crippen LogP contribution in [0.25, 0.3) is 22.4 Å². The van der Waals surface area contributed by atoms with E-state index in [4.69, 9.17) is 5.11 Å². The van der Waals surface area contributed by atoms with Crippen LogP contribution < -0.4 is 0 Å². The molecule has 0 aliphatic carbocycles. The lowest BCUT2D eigenvalue weighted by atomic mass is 10.2. The Bertz CT molecular complexity index is 852. The first-order valence-corrected chi connectivity index (χ1v) is 6.03. The van der Waals surface area contributed by atoms with Crippen molar-refractivity contribution >= 4 is 22.7 Å². The van der Waals surface area contributed by atoms with Crippen LogP contribution in [-0.2, 0) is 0 Å². The molecule has 7 heteroatoms. The molecular formula is C14H9N3O4. The van der Waals surface area contributed by atoms with Crippen LogP contribution in [0.5, 0.6) is 0 Å². The van der Waals surface area contributed by atoms with Crippen LogP contribution in [0.2, 0.25) is 0 Å². The Kier molecular flexibility index (Phi) is 2.87. The Morgan fingerprint density at radius 1 is 1.19 bits per heavy atom. The molecule has 3 aromatic rings. The van der Waals surface area contributed by atoms with E-state index in [2.05, 4.69) is 9.97 Å². The van der Waals surface area contributed by atoms with Gasteiger partial charge in [-0.15, -0.1) is 0 Å². The quantitative estimate of drug-likeness (QED) is 0.567. The topological polar surface area (TPSA) is 109 Å². The molecule has 0 bridgehead atoms. The highest BCUT2D eigenvalue weighted by atomic mass is 16.6. The SMILES string of the molecule is O=C(O)c1cccc2[nH]c(-c3ccc([N+](=O)[O-])cc3)nc12. The number of imidazole rings is 1. The summed E-state index contributed by atoms with van der Waals surface area (Å²) in [7, 11) is 0. The lowest BCUT2D eigenvalue weighted by Gasteiger charge is -1.95. The molecule has 0 atom stereocenters. The van der Waals surface area contributed by atoms with E-state index < -0.39 is 10.9 Å². The Labute approximate surface area is 118 Å². The van der Waals surface area contributed by atoms with Gasteiger partial charge in [0.2, 0.25) is 0 Å². The van der Waals surface area contributed by atoms with Gasteiger partial charge in [-0.3, -0.25) is 10.1 Å². The molecule has 0 saturated heterocycles. The average molecular weight is 283 g/mol. The number of aromatic amines is 1. The number of benzene rings is 2. The molecular weight excluding hydrogens is 274 g/mol. The molecule has 0 amide bonds. The average Bonchev–Trinajstić information content (AvgIpc) is 2.90. The molecule has 1 heterocycles. The highest BCUT2D eigenvalue weighted by Gasteiger charge is 2.14. The number of rotatable bonds is 3. The molecule has 2 N–H and O–H groups in total. The zero-order chi connectivity index (χ0) is 15.0. The first-order chi connectivity index (χ1) is 10.1. The lowest BCUT2D eigenvalue weighted by Crippen LogP contribution is -1.96. The Morgan fingerprint density at radius 3 is 2.52 bits per heavy atom. The van der Waals surface area contributed by atoms with Crippen LogP contribution in [0.4, 0.5) is 5.69 Å². The highest BCUT2D eigenvalue weighted by molar-refractivity contribution is 6.01. The number of aromatic nitrogens is 2. The molecule has 2 aromatic carbocycles. The van der Waals surface area contributed by atoms with Crippen molar-refractivity contribution < 1.29 is 14.8 Å². The molecule has 0 aliphatic heterocycles. The lowest BCUT2D eigenvalue weighted by molar-refractivity contribution is -0.384. The largest absolute Gasteiger partial charge is 0.478 e. The summed E-state index contributed by atoms with van der Waals surface area (Å²) in [6.45, 7) is 0. The van der Waals surface area contributed by atoms with Crippen LogP contribution in [0.15, 0.2) is 42.5 Å². The zero-order valence-corrected chi connectivity index (χ0v) is 10.6. The number of hydrogen-bond acceptors (Lipinski definition) is 4. The summed E-state index contributed by atoms with van der Waals surface area (Å²) < 4.78 is 0. The molecule has 0 unspecified atom stereocenters. The summed E-state index contributed by atoms with van der Waals surface area (Å²) in [5.41, 5.74) is 1.70. The van der Waals surface area contributed by atoms with E-state index in [1.165, 1.54) is 18.2 Å². The third-order valence-electron chi connectivity index (χ3n) is 3.09. The number of hydrogen-bond donors (Lipinski definition) is 2. The summed E-state index contributed by atoms with van der Waals surface area (Å²) in [5, 5.41) is 19.8. The number of nitro groups is 1. The van der Waals surface area contributed by atoms with Crippen molar-refractivity contribution in [3.8, 4) is 11.4 Å². The van der Waals surface area contributed by atoms with Crippen LogP contribution in [0.3, 0.4) is 0 Å². The fourth-order valence-corrected chi connectivity index (χ4v) is 2.08. The van der Waals surface area contributed by atoms with E-state index in [0.717, 1.165) is 0 Å². The van der Waals surface area contributed by atoms with Gasteiger partial charge in [-0.05, 0) is 24.3 Å². The molecule has 3 rings (SSSR count). The fraction of sp³-hybridized carbons (Fsp3) is 0. The van der Waals surface area contributed by atoms with Crippen molar-refractivity contribution in [3.05, 3.63) is 58.1 Å². The molecule has 0 aliphatic rings. The maximum absolute atomic E-state index is 11.2. The Balaban J connectivity index is 2.11. The number of fused-ring (bicyclic) bond motifs is 1. The summed E-state index contributed by atoms with van der Waals surface area (Å²) in [4.78, 5) is 28.6. The number of H-pyrrole nitrogens is 1. The minimum absolute atomic E-state index is 0.0129. The van der Waals surface area contributed by atoms with Crippen LogP contribution >= 0.6 is 0 Å². The number of non-ortho nitro benzene ring substituents is 1. The first kappa shape index (κ1) is 12.8. The maximum Gasteiger partial charge on any atom is 0.337 e. The number of carbonyl (C=O) groups is 1. The highest BCUT2D eigenvalue weighted by Crippen LogP contribution is 2.24. The predicted molar refractivity (Wildman–Crippen MR) is 75.1 cm³/mol. The number of nitro benzene ring substituents is 1. The van der Waals surface area contributed by atoms with Gasteiger partial charge in [0, 0.05) is 17.7 Å². The third kappa shape index (κ3) is 2.20. The predicted octanol–water partition coefficient (Wildman–Crippen LogP) is 2.84. The molecule has 0 spiro atoms. The van der Waals surface area contributed by atoms with Gasteiger partial charge in [0.25, 0.3) is 5.69 Å². The van der Waals surface area contributed by atoms with E-state index in [1.54, 1.807) is 24.3 Å².